The van der Waals surface area contributed by atoms with Crippen LogP contribution in [-0.2, 0) is 16.0 Å². The Labute approximate surface area is 191 Å². The van der Waals surface area contributed by atoms with Crippen molar-refractivity contribution in [3.8, 4) is 0 Å². The van der Waals surface area contributed by atoms with Gasteiger partial charge in [0.1, 0.15) is 6.10 Å². The number of hydrogen-bond acceptors (Lipinski definition) is 3. The predicted molar refractivity (Wildman–Crippen MR) is 127 cm³/mol. The highest BCUT2D eigenvalue weighted by atomic mass is 16.6. The molecule has 2 N–H and O–H groups in total. The number of aromatic amines is 1. The minimum absolute atomic E-state index is 0.00237. The first kappa shape index (κ1) is 20.5. The van der Waals surface area contributed by atoms with Crippen LogP contribution in [0.15, 0.2) is 29.8 Å². The van der Waals surface area contributed by atoms with Gasteiger partial charge in [-0.05, 0) is 74.5 Å². The predicted octanol–water partition coefficient (Wildman–Crippen LogP) is 5.76. The molecule has 4 nitrogen and oxygen atoms in total. The van der Waals surface area contributed by atoms with Gasteiger partial charge < -0.3 is 15.0 Å². The zero-order valence-electron chi connectivity index (χ0n) is 19.7. The van der Waals surface area contributed by atoms with Crippen LogP contribution in [-0.4, -0.2) is 23.6 Å². The summed E-state index contributed by atoms with van der Waals surface area (Å²) < 4.78 is 5.97. The van der Waals surface area contributed by atoms with Crippen LogP contribution >= 0.6 is 0 Å². The van der Waals surface area contributed by atoms with Gasteiger partial charge in [0, 0.05) is 35.1 Å². The van der Waals surface area contributed by atoms with Crippen LogP contribution in [0.1, 0.15) is 75.2 Å². The molecule has 2 aromatic rings. The summed E-state index contributed by atoms with van der Waals surface area (Å²) in [5.41, 5.74) is 7.16. The molecule has 0 spiro atoms. The number of allylic oxidation sites excluding steroid dienone is 1. The molecule has 0 amide bonds. The maximum atomic E-state index is 12.9. The van der Waals surface area contributed by atoms with Gasteiger partial charge in [-0.3, -0.25) is 4.79 Å². The second kappa shape index (κ2) is 7.48. The lowest BCUT2D eigenvalue weighted by Crippen LogP contribution is -2.40. The van der Waals surface area contributed by atoms with E-state index < -0.39 is 0 Å². The first-order valence-electron chi connectivity index (χ1n) is 12.7. The highest BCUT2D eigenvalue weighted by Crippen LogP contribution is 2.54. The molecule has 4 aliphatic rings. The lowest BCUT2D eigenvalue weighted by Gasteiger charge is -2.46. The van der Waals surface area contributed by atoms with E-state index in [1.54, 1.807) is 5.57 Å². The topological polar surface area (TPSA) is 54.1 Å². The molecule has 4 heteroatoms. The second-order valence-corrected chi connectivity index (χ2v) is 11.3. The number of nitrogens with one attached hydrogen (secondary N) is 2. The summed E-state index contributed by atoms with van der Waals surface area (Å²) >= 11 is 0. The lowest BCUT2D eigenvalue weighted by atomic mass is 9.59. The Morgan fingerprint density at radius 2 is 2.12 bits per heavy atom. The number of rotatable bonds is 3. The largest absolute Gasteiger partial charge is 0.461 e. The van der Waals surface area contributed by atoms with Crippen molar-refractivity contribution in [2.75, 3.05) is 6.54 Å². The highest BCUT2D eigenvalue weighted by molar-refractivity contribution is 5.85. The number of aryl methyl sites for hydroxylation is 2. The van der Waals surface area contributed by atoms with Gasteiger partial charge in [0.25, 0.3) is 0 Å². The Morgan fingerprint density at radius 3 is 3.00 bits per heavy atom. The van der Waals surface area contributed by atoms with Crippen LogP contribution in [0, 0.1) is 30.1 Å². The monoisotopic (exact) mass is 432 g/mol. The average Bonchev–Trinajstić information content (AvgIpc) is 3.27. The molecule has 1 aliphatic heterocycles. The molecule has 0 unspecified atom stereocenters. The number of carbonyl (C=O) groups is 1. The minimum atomic E-state index is -0.0665. The number of ether oxygens (including phenoxy) is 1. The third kappa shape index (κ3) is 3.17. The number of fused-ring (bicyclic) bond motifs is 5. The first-order chi connectivity index (χ1) is 15.4. The first-order valence-corrected chi connectivity index (χ1v) is 12.7. The van der Waals surface area contributed by atoms with Gasteiger partial charge >= 0.3 is 5.97 Å². The maximum Gasteiger partial charge on any atom is 0.311 e. The molecule has 6 atom stereocenters. The van der Waals surface area contributed by atoms with Gasteiger partial charge in [0.2, 0.25) is 0 Å². The molecule has 1 aromatic carbocycles. The van der Waals surface area contributed by atoms with E-state index >= 15 is 0 Å². The van der Waals surface area contributed by atoms with Crippen molar-refractivity contribution in [1.82, 2.24) is 10.3 Å². The molecule has 2 heterocycles. The number of benzene rings is 1. The standard InChI is InChI=1S/C28H36N2O2/c1-16-9-10-23-19(12-16)18-7-4-8-24(26(18)30-23)29-15-21-20-13-22-17(2)6-5-11-28(22,3)14-25(20)32-27(21)31/h9-10,12-13,17,20-21,24-25,29-30H,4-8,11,14-15H2,1-3H3/t17-,20+,21-,24+,25+,28+/m0/s1. The quantitative estimate of drug-likeness (QED) is 0.479. The summed E-state index contributed by atoms with van der Waals surface area (Å²) in [5.74, 6) is 0.799. The molecule has 32 heavy (non-hydrogen) atoms. The fourth-order valence-electron chi connectivity index (χ4n) is 7.33. The van der Waals surface area contributed by atoms with Crippen molar-refractivity contribution in [3.63, 3.8) is 0 Å². The number of esters is 1. The molecule has 1 saturated heterocycles. The zero-order chi connectivity index (χ0) is 22.0. The van der Waals surface area contributed by atoms with Crippen molar-refractivity contribution < 1.29 is 9.53 Å². The molecule has 170 valence electrons. The number of carbonyl (C=O) groups excluding carboxylic acids is 1. The van der Waals surface area contributed by atoms with E-state index in [-0.39, 0.29) is 35.4 Å². The fraction of sp³-hybridized carbons (Fsp3) is 0.607. The Kier molecular flexibility index (Phi) is 4.80. The van der Waals surface area contributed by atoms with E-state index in [1.165, 1.54) is 53.4 Å². The van der Waals surface area contributed by atoms with E-state index in [9.17, 15) is 4.79 Å². The number of hydrogen-bond donors (Lipinski definition) is 2. The smallest absolute Gasteiger partial charge is 0.311 e. The van der Waals surface area contributed by atoms with E-state index in [4.69, 9.17) is 4.74 Å². The SMILES string of the molecule is Cc1ccc2[nH]c3c(c2c1)CCC[C@H]3NC[C@@H]1C(=O)O[C@@H]2C[C@@]3(C)CCC[C@H](C)C3=C[C@H]12. The summed E-state index contributed by atoms with van der Waals surface area (Å²) in [6.07, 6.45) is 10.8. The molecular weight excluding hydrogens is 396 g/mol. The van der Waals surface area contributed by atoms with E-state index in [1.807, 2.05) is 0 Å². The van der Waals surface area contributed by atoms with Crippen molar-refractivity contribution in [2.45, 2.75) is 77.9 Å². The fourth-order valence-corrected chi connectivity index (χ4v) is 7.33. The van der Waals surface area contributed by atoms with E-state index in [0.717, 1.165) is 19.3 Å². The number of aromatic nitrogens is 1. The zero-order valence-corrected chi connectivity index (χ0v) is 19.7. The van der Waals surface area contributed by atoms with Gasteiger partial charge in [0.05, 0.1) is 5.92 Å². The molecule has 1 aromatic heterocycles. The van der Waals surface area contributed by atoms with Gasteiger partial charge in [-0.1, -0.05) is 43.5 Å². The van der Waals surface area contributed by atoms with Gasteiger partial charge in [-0.2, -0.15) is 0 Å². The summed E-state index contributed by atoms with van der Waals surface area (Å²) in [6, 6.07) is 6.98. The van der Waals surface area contributed by atoms with Gasteiger partial charge in [-0.25, -0.2) is 0 Å². The molecule has 0 radical (unpaired) electrons. The lowest BCUT2D eigenvalue weighted by molar-refractivity contribution is -0.145. The average molecular weight is 433 g/mol. The van der Waals surface area contributed by atoms with Crippen molar-refractivity contribution in [1.29, 1.82) is 0 Å². The van der Waals surface area contributed by atoms with Crippen LogP contribution in [0.5, 0.6) is 0 Å². The van der Waals surface area contributed by atoms with Crippen LogP contribution in [0.25, 0.3) is 10.9 Å². The molecule has 1 saturated carbocycles. The summed E-state index contributed by atoms with van der Waals surface area (Å²) in [7, 11) is 0. The summed E-state index contributed by atoms with van der Waals surface area (Å²) in [5, 5.41) is 5.16. The molecule has 3 aliphatic carbocycles. The molecule has 6 rings (SSSR count). The van der Waals surface area contributed by atoms with Crippen molar-refractivity contribution >= 4 is 16.9 Å². The van der Waals surface area contributed by atoms with E-state index in [0.29, 0.717) is 12.5 Å². The maximum absolute atomic E-state index is 12.9. The minimum Gasteiger partial charge on any atom is -0.461 e. The Morgan fingerprint density at radius 1 is 1.25 bits per heavy atom. The second-order valence-electron chi connectivity index (χ2n) is 11.3. The third-order valence-corrected chi connectivity index (χ3v) is 9.03. The summed E-state index contributed by atoms with van der Waals surface area (Å²) in [4.78, 5) is 16.6. The van der Waals surface area contributed by atoms with Gasteiger partial charge in [0.15, 0.2) is 0 Å². The number of H-pyrrole nitrogens is 1. The van der Waals surface area contributed by atoms with Gasteiger partial charge in [-0.15, -0.1) is 0 Å². The normalized spacial score (nSPS) is 36.3. The highest BCUT2D eigenvalue weighted by Gasteiger charge is 2.51. The Hall–Kier alpha value is -2.07. The van der Waals surface area contributed by atoms with Crippen LogP contribution in [0.2, 0.25) is 0 Å². The molecular formula is C28H36N2O2. The Bertz CT molecular complexity index is 1100. The van der Waals surface area contributed by atoms with Crippen molar-refractivity contribution in [2.24, 2.45) is 23.2 Å². The third-order valence-electron chi connectivity index (χ3n) is 9.03. The Balaban J connectivity index is 1.24. The van der Waals surface area contributed by atoms with Crippen LogP contribution in [0.4, 0.5) is 0 Å². The van der Waals surface area contributed by atoms with Crippen LogP contribution in [0.3, 0.4) is 0 Å². The molecule has 2 fully saturated rings. The van der Waals surface area contributed by atoms with Crippen molar-refractivity contribution in [3.05, 3.63) is 46.7 Å². The summed E-state index contributed by atoms with van der Waals surface area (Å²) in [6.45, 7) is 7.63. The molecule has 0 bridgehead atoms. The van der Waals surface area contributed by atoms with E-state index in [2.05, 4.69) is 55.3 Å². The van der Waals surface area contributed by atoms with Crippen LogP contribution < -0.4 is 5.32 Å².